The van der Waals surface area contributed by atoms with E-state index in [2.05, 4.69) is 11.2 Å². The second-order valence-corrected chi connectivity index (χ2v) is 4.46. The third-order valence-electron chi connectivity index (χ3n) is 2.59. The van der Waals surface area contributed by atoms with Gasteiger partial charge in [0, 0.05) is 6.04 Å². The lowest BCUT2D eigenvalue weighted by Gasteiger charge is -2.06. The molecule has 0 radical (unpaired) electrons. The van der Waals surface area contributed by atoms with E-state index in [0.29, 0.717) is 17.1 Å². The Labute approximate surface area is 106 Å². The number of hydrogen-bond acceptors (Lipinski definition) is 3. The molecule has 92 valence electrons. The number of nitrogens with zero attached hydrogens (tertiary/aromatic N) is 3. The summed E-state index contributed by atoms with van der Waals surface area (Å²) in [6, 6.07) is 7.91. The van der Waals surface area contributed by atoms with Crippen LogP contribution in [0.5, 0.6) is 11.5 Å². The Morgan fingerprint density at radius 2 is 2.17 bits per heavy atom. The van der Waals surface area contributed by atoms with Gasteiger partial charge in [0.2, 0.25) is 0 Å². The molecule has 4 heteroatoms. The van der Waals surface area contributed by atoms with Crippen LogP contribution in [0.1, 0.15) is 31.0 Å². The van der Waals surface area contributed by atoms with Crippen molar-refractivity contribution in [3.63, 3.8) is 0 Å². The van der Waals surface area contributed by atoms with E-state index in [1.54, 1.807) is 12.3 Å². The molecular weight excluding hydrogens is 226 g/mol. The molecule has 0 aliphatic rings. The first-order valence-corrected chi connectivity index (χ1v) is 5.83. The fourth-order valence-corrected chi connectivity index (χ4v) is 1.59. The SMILES string of the molecule is Cc1ccc(C#N)c(Oc2cnn(C(C)C)c2)c1. The molecule has 0 amide bonds. The zero-order valence-corrected chi connectivity index (χ0v) is 10.7. The standard InChI is InChI=1S/C14H15N3O/c1-10(2)17-9-13(8-16-17)18-14-6-11(3)4-5-12(14)7-15/h4-6,8-10H,1-3H3. The van der Waals surface area contributed by atoms with Crippen LogP contribution in [-0.2, 0) is 0 Å². The molecule has 0 bridgehead atoms. The molecule has 2 rings (SSSR count). The number of ether oxygens (including phenoxy) is 1. The van der Waals surface area contributed by atoms with E-state index in [1.807, 2.05) is 43.8 Å². The fourth-order valence-electron chi connectivity index (χ4n) is 1.59. The van der Waals surface area contributed by atoms with Crippen LogP contribution in [0.3, 0.4) is 0 Å². The molecule has 0 N–H and O–H groups in total. The van der Waals surface area contributed by atoms with Crippen molar-refractivity contribution in [2.24, 2.45) is 0 Å². The first kappa shape index (κ1) is 12.2. The van der Waals surface area contributed by atoms with E-state index in [1.165, 1.54) is 0 Å². The summed E-state index contributed by atoms with van der Waals surface area (Å²) in [6.07, 6.45) is 3.48. The zero-order valence-electron chi connectivity index (χ0n) is 10.7. The average molecular weight is 241 g/mol. The van der Waals surface area contributed by atoms with Crippen molar-refractivity contribution in [1.82, 2.24) is 9.78 Å². The van der Waals surface area contributed by atoms with Crippen LogP contribution in [0, 0.1) is 18.3 Å². The summed E-state index contributed by atoms with van der Waals surface area (Å²) in [6.45, 7) is 6.06. The lowest BCUT2D eigenvalue weighted by atomic mass is 10.1. The van der Waals surface area contributed by atoms with E-state index < -0.39 is 0 Å². The van der Waals surface area contributed by atoms with Crippen molar-refractivity contribution in [1.29, 1.82) is 5.26 Å². The van der Waals surface area contributed by atoms with Gasteiger partial charge in [0.25, 0.3) is 0 Å². The summed E-state index contributed by atoms with van der Waals surface area (Å²) in [7, 11) is 0. The van der Waals surface area contributed by atoms with Gasteiger partial charge in [-0.3, -0.25) is 4.68 Å². The van der Waals surface area contributed by atoms with Crippen LogP contribution < -0.4 is 4.74 Å². The summed E-state index contributed by atoms with van der Waals surface area (Å²) >= 11 is 0. The van der Waals surface area contributed by atoms with Crippen molar-refractivity contribution in [2.75, 3.05) is 0 Å². The molecule has 1 heterocycles. The summed E-state index contributed by atoms with van der Waals surface area (Å²) in [4.78, 5) is 0. The van der Waals surface area contributed by atoms with Gasteiger partial charge in [-0.2, -0.15) is 10.4 Å². The Morgan fingerprint density at radius 3 is 2.78 bits per heavy atom. The highest BCUT2D eigenvalue weighted by atomic mass is 16.5. The van der Waals surface area contributed by atoms with Crippen molar-refractivity contribution in [2.45, 2.75) is 26.8 Å². The van der Waals surface area contributed by atoms with Gasteiger partial charge in [0.1, 0.15) is 11.8 Å². The summed E-state index contributed by atoms with van der Waals surface area (Å²) < 4.78 is 7.52. The number of benzene rings is 1. The minimum absolute atomic E-state index is 0.287. The molecular formula is C14H15N3O. The van der Waals surface area contributed by atoms with E-state index in [-0.39, 0.29) is 6.04 Å². The van der Waals surface area contributed by atoms with Gasteiger partial charge < -0.3 is 4.74 Å². The van der Waals surface area contributed by atoms with Crippen LogP contribution >= 0.6 is 0 Å². The first-order chi connectivity index (χ1) is 8.60. The van der Waals surface area contributed by atoms with Crippen molar-refractivity contribution < 1.29 is 4.74 Å². The predicted molar refractivity (Wildman–Crippen MR) is 68.6 cm³/mol. The lowest BCUT2D eigenvalue weighted by Crippen LogP contribution is -1.99. The third-order valence-corrected chi connectivity index (χ3v) is 2.59. The van der Waals surface area contributed by atoms with E-state index >= 15 is 0 Å². The Kier molecular flexibility index (Phi) is 3.33. The van der Waals surface area contributed by atoms with Crippen LogP contribution in [0.4, 0.5) is 0 Å². The maximum absolute atomic E-state index is 9.03. The van der Waals surface area contributed by atoms with Crippen molar-refractivity contribution >= 4 is 0 Å². The number of aromatic nitrogens is 2. The van der Waals surface area contributed by atoms with E-state index in [0.717, 1.165) is 5.56 Å². The van der Waals surface area contributed by atoms with Gasteiger partial charge >= 0.3 is 0 Å². The number of hydrogen-bond donors (Lipinski definition) is 0. The van der Waals surface area contributed by atoms with Crippen LogP contribution in [-0.4, -0.2) is 9.78 Å². The quantitative estimate of drug-likeness (QED) is 0.827. The second kappa shape index (κ2) is 4.92. The van der Waals surface area contributed by atoms with Gasteiger partial charge in [-0.15, -0.1) is 0 Å². The summed E-state index contributed by atoms with van der Waals surface area (Å²) in [5, 5.41) is 13.2. The Bertz CT molecular complexity index is 593. The second-order valence-electron chi connectivity index (χ2n) is 4.46. The van der Waals surface area contributed by atoms with Crippen molar-refractivity contribution in [3.05, 3.63) is 41.7 Å². The van der Waals surface area contributed by atoms with Gasteiger partial charge in [0.15, 0.2) is 5.75 Å². The zero-order chi connectivity index (χ0) is 13.1. The highest BCUT2D eigenvalue weighted by Gasteiger charge is 2.07. The van der Waals surface area contributed by atoms with Gasteiger partial charge in [-0.05, 0) is 38.5 Å². The molecule has 0 fully saturated rings. The lowest BCUT2D eigenvalue weighted by molar-refractivity contribution is 0.475. The molecule has 2 aromatic rings. The number of rotatable bonds is 3. The Morgan fingerprint density at radius 1 is 1.39 bits per heavy atom. The smallest absolute Gasteiger partial charge is 0.165 e. The van der Waals surface area contributed by atoms with Crippen LogP contribution in [0.2, 0.25) is 0 Å². The van der Waals surface area contributed by atoms with Crippen LogP contribution in [0.15, 0.2) is 30.6 Å². The Hall–Kier alpha value is -2.28. The predicted octanol–water partition coefficient (Wildman–Crippen LogP) is 3.44. The third kappa shape index (κ3) is 2.51. The molecule has 0 aliphatic carbocycles. The molecule has 0 saturated carbocycles. The molecule has 0 unspecified atom stereocenters. The van der Waals surface area contributed by atoms with Crippen LogP contribution in [0.25, 0.3) is 0 Å². The van der Waals surface area contributed by atoms with Crippen molar-refractivity contribution in [3.8, 4) is 17.6 Å². The summed E-state index contributed by atoms with van der Waals surface area (Å²) in [5.41, 5.74) is 1.58. The normalized spacial score (nSPS) is 10.4. The largest absolute Gasteiger partial charge is 0.453 e. The molecule has 4 nitrogen and oxygen atoms in total. The monoisotopic (exact) mass is 241 g/mol. The number of aryl methyl sites for hydroxylation is 1. The number of nitriles is 1. The molecule has 1 aromatic carbocycles. The van der Waals surface area contributed by atoms with Gasteiger partial charge in [-0.25, -0.2) is 0 Å². The molecule has 18 heavy (non-hydrogen) atoms. The van der Waals surface area contributed by atoms with E-state index in [9.17, 15) is 0 Å². The Balaban J connectivity index is 2.28. The highest BCUT2D eigenvalue weighted by molar-refractivity contribution is 5.46. The average Bonchev–Trinajstić information content (AvgIpc) is 2.78. The molecule has 0 aliphatic heterocycles. The van der Waals surface area contributed by atoms with Gasteiger partial charge in [-0.1, -0.05) is 6.07 Å². The van der Waals surface area contributed by atoms with Gasteiger partial charge in [0.05, 0.1) is 18.0 Å². The molecule has 0 atom stereocenters. The minimum atomic E-state index is 0.287. The van der Waals surface area contributed by atoms with E-state index in [4.69, 9.17) is 10.00 Å². The molecule has 0 saturated heterocycles. The minimum Gasteiger partial charge on any atom is -0.453 e. The maximum atomic E-state index is 9.03. The first-order valence-electron chi connectivity index (χ1n) is 5.83. The maximum Gasteiger partial charge on any atom is 0.165 e. The fraction of sp³-hybridized carbons (Fsp3) is 0.286. The summed E-state index contributed by atoms with van der Waals surface area (Å²) in [5.74, 6) is 1.21. The topological polar surface area (TPSA) is 50.8 Å². The molecule has 1 aromatic heterocycles. The highest BCUT2D eigenvalue weighted by Crippen LogP contribution is 2.26. The molecule has 0 spiro atoms.